The molecule has 1 N–H and O–H groups in total. The molecule has 1 saturated carbocycles. The van der Waals surface area contributed by atoms with Gasteiger partial charge in [0.05, 0.1) is 7.11 Å². The SMILES string of the molecule is CCC(C)Cn1cc(-c2cnsc2)cc(NC2CCC(c3ccc(C(=O)OC)s3)CC2)c1=O. The van der Waals surface area contributed by atoms with Crippen molar-refractivity contribution in [3.8, 4) is 11.1 Å². The molecule has 0 bridgehead atoms. The number of nitrogens with zero attached hydrogens (tertiary/aromatic N) is 2. The molecule has 0 spiro atoms. The van der Waals surface area contributed by atoms with Gasteiger partial charge < -0.3 is 14.6 Å². The van der Waals surface area contributed by atoms with E-state index in [1.807, 2.05) is 34.5 Å². The maximum absolute atomic E-state index is 13.2. The summed E-state index contributed by atoms with van der Waals surface area (Å²) in [5.74, 6) is 0.621. The van der Waals surface area contributed by atoms with Crippen LogP contribution in [0.4, 0.5) is 5.69 Å². The minimum Gasteiger partial charge on any atom is -0.465 e. The molecule has 1 fully saturated rings. The average Bonchev–Trinajstić information content (AvgIpc) is 3.54. The summed E-state index contributed by atoms with van der Waals surface area (Å²) in [4.78, 5) is 26.9. The molecule has 3 aromatic heterocycles. The summed E-state index contributed by atoms with van der Waals surface area (Å²) in [6, 6.07) is 6.16. The molecule has 0 aliphatic heterocycles. The Hall–Kier alpha value is -2.45. The highest BCUT2D eigenvalue weighted by Crippen LogP contribution is 2.37. The van der Waals surface area contributed by atoms with Gasteiger partial charge in [-0.25, -0.2) is 9.17 Å². The molecule has 3 heterocycles. The molecular formula is C25H31N3O3S2. The van der Waals surface area contributed by atoms with Gasteiger partial charge in [-0.2, -0.15) is 0 Å². The minimum atomic E-state index is -0.268. The molecule has 4 rings (SSSR count). The van der Waals surface area contributed by atoms with Crippen molar-refractivity contribution < 1.29 is 9.53 Å². The van der Waals surface area contributed by atoms with Crippen molar-refractivity contribution in [2.45, 2.75) is 64.5 Å². The maximum atomic E-state index is 13.2. The van der Waals surface area contributed by atoms with Gasteiger partial charge in [-0.3, -0.25) is 4.79 Å². The normalized spacial score (nSPS) is 19.2. The van der Waals surface area contributed by atoms with Crippen LogP contribution in [0.25, 0.3) is 11.1 Å². The topological polar surface area (TPSA) is 73.2 Å². The summed E-state index contributed by atoms with van der Waals surface area (Å²) in [5.41, 5.74) is 2.79. The number of hydrogen-bond donors (Lipinski definition) is 1. The van der Waals surface area contributed by atoms with Gasteiger partial charge in [0.25, 0.3) is 5.56 Å². The second kappa shape index (κ2) is 10.7. The van der Waals surface area contributed by atoms with E-state index in [0.29, 0.717) is 28.9 Å². The predicted octanol–water partition coefficient (Wildman–Crippen LogP) is 6.00. The Morgan fingerprint density at radius 2 is 2.06 bits per heavy atom. The van der Waals surface area contributed by atoms with Gasteiger partial charge in [-0.15, -0.1) is 11.3 Å². The van der Waals surface area contributed by atoms with E-state index < -0.39 is 0 Å². The first-order valence-electron chi connectivity index (χ1n) is 11.6. The van der Waals surface area contributed by atoms with Gasteiger partial charge in [0.15, 0.2) is 0 Å². The Morgan fingerprint density at radius 3 is 2.73 bits per heavy atom. The third-order valence-corrected chi connectivity index (χ3v) is 8.37. The van der Waals surface area contributed by atoms with Crippen molar-refractivity contribution >= 4 is 34.5 Å². The molecule has 176 valence electrons. The Morgan fingerprint density at radius 1 is 1.27 bits per heavy atom. The van der Waals surface area contributed by atoms with E-state index in [1.54, 1.807) is 0 Å². The van der Waals surface area contributed by atoms with Crippen molar-refractivity contribution in [2.24, 2.45) is 5.92 Å². The lowest BCUT2D eigenvalue weighted by atomic mass is 9.85. The summed E-state index contributed by atoms with van der Waals surface area (Å²) >= 11 is 2.96. The molecule has 33 heavy (non-hydrogen) atoms. The number of methoxy groups -OCH3 is 1. The van der Waals surface area contributed by atoms with Crippen LogP contribution in [-0.4, -0.2) is 28.1 Å². The van der Waals surface area contributed by atoms with Gasteiger partial charge in [0.1, 0.15) is 10.6 Å². The maximum Gasteiger partial charge on any atom is 0.348 e. The quantitative estimate of drug-likeness (QED) is 0.396. The molecule has 1 atom stereocenters. The van der Waals surface area contributed by atoms with Crippen LogP contribution < -0.4 is 10.9 Å². The van der Waals surface area contributed by atoms with Crippen molar-refractivity contribution in [1.82, 2.24) is 8.94 Å². The van der Waals surface area contributed by atoms with Crippen LogP contribution in [0, 0.1) is 5.92 Å². The number of nitrogens with one attached hydrogen (secondary N) is 1. The smallest absolute Gasteiger partial charge is 0.348 e. The molecule has 8 heteroatoms. The Bertz CT molecular complexity index is 1130. The van der Waals surface area contributed by atoms with E-state index in [1.165, 1.54) is 34.9 Å². The third-order valence-electron chi connectivity index (χ3n) is 6.56. The molecule has 1 aliphatic rings. The van der Waals surface area contributed by atoms with E-state index in [-0.39, 0.29) is 17.6 Å². The van der Waals surface area contributed by atoms with Gasteiger partial charge in [-0.1, -0.05) is 20.3 Å². The number of esters is 1. The molecule has 6 nitrogen and oxygen atoms in total. The average molecular weight is 486 g/mol. The summed E-state index contributed by atoms with van der Waals surface area (Å²) < 4.78 is 10.9. The lowest BCUT2D eigenvalue weighted by Gasteiger charge is -2.29. The van der Waals surface area contributed by atoms with Crippen LogP contribution in [0.5, 0.6) is 0 Å². The van der Waals surface area contributed by atoms with E-state index >= 15 is 0 Å². The first-order valence-corrected chi connectivity index (χ1v) is 13.2. The monoisotopic (exact) mass is 485 g/mol. The second-order valence-electron chi connectivity index (χ2n) is 8.91. The van der Waals surface area contributed by atoms with Crippen LogP contribution in [0.1, 0.15) is 66.4 Å². The fourth-order valence-electron chi connectivity index (χ4n) is 4.37. The van der Waals surface area contributed by atoms with Gasteiger partial charge >= 0.3 is 5.97 Å². The summed E-state index contributed by atoms with van der Waals surface area (Å²) in [7, 11) is 1.42. The van der Waals surface area contributed by atoms with Gasteiger partial charge in [-0.05, 0) is 67.3 Å². The summed E-state index contributed by atoms with van der Waals surface area (Å²) in [5, 5.41) is 5.59. The molecule has 3 aromatic rings. The Balaban J connectivity index is 1.48. The fourth-order valence-corrected chi connectivity index (χ4v) is 6.01. The molecule has 1 aliphatic carbocycles. The second-order valence-corrected chi connectivity index (χ2v) is 10.7. The van der Waals surface area contributed by atoms with E-state index in [4.69, 9.17) is 4.74 Å². The zero-order valence-corrected chi connectivity index (χ0v) is 21.0. The molecule has 0 saturated heterocycles. The number of anilines is 1. The van der Waals surface area contributed by atoms with Crippen molar-refractivity contribution in [2.75, 3.05) is 12.4 Å². The predicted molar refractivity (Wildman–Crippen MR) is 136 cm³/mol. The number of ether oxygens (including phenoxy) is 1. The van der Waals surface area contributed by atoms with Crippen molar-refractivity contribution in [3.05, 3.63) is 56.1 Å². The fraction of sp³-hybridized carbons (Fsp3) is 0.480. The highest BCUT2D eigenvalue weighted by atomic mass is 32.1. The van der Waals surface area contributed by atoms with Crippen LogP contribution in [0.15, 0.2) is 40.8 Å². The lowest BCUT2D eigenvalue weighted by Crippen LogP contribution is -2.31. The first kappa shape index (κ1) is 23.7. The minimum absolute atomic E-state index is 0.0466. The van der Waals surface area contributed by atoms with E-state index in [0.717, 1.165) is 43.2 Å². The van der Waals surface area contributed by atoms with E-state index in [9.17, 15) is 9.59 Å². The Labute approximate surface area is 202 Å². The van der Waals surface area contributed by atoms with Crippen LogP contribution in [-0.2, 0) is 11.3 Å². The van der Waals surface area contributed by atoms with Crippen molar-refractivity contribution in [3.63, 3.8) is 0 Å². The van der Waals surface area contributed by atoms with E-state index in [2.05, 4.69) is 29.6 Å². The lowest BCUT2D eigenvalue weighted by molar-refractivity contribution is 0.0606. The number of aromatic nitrogens is 2. The van der Waals surface area contributed by atoms with Crippen LogP contribution in [0.2, 0.25) is 0 Å². The highest BCUT2D eigenvalue weighted by molar-refractivity contribution is 7.14. The molecule has 0 radical (unpaired) electrons. The molecular weight excluding hydrogens is 454 g/mol. The van der Waals surface area contributed by atoms with Crippen LogP contribution in [0.3, 0.4) is 0 Å². The molecule has 0 aromatic carbocycles. The number of carbonyl (C=O) groups is 1. The number of pyridine rings is 1. The number of carbonyl (C=O) groups excluding carboxylic acids is 1. The number of thiophene rings is 1. The van der Waals surface area contributed by atoms with Gasteiger partial charge in [0.2, 0.25) is 0 Å². The zero-order chi connectivity index (χ0) is 23.4. The third kappa shape index (κ3) is 5.55. The van der Waals surface area contributed by atoms with Gasteiger partial charge in [0, 0.05) is 46.4 Å². The summed E-state index contributed by atoms with van der Waals surface area (Å²) in [6.07, 6.45) is 8.91. The van der Waals surface area contributed by atoms with Crippen molar-refractivity contribution in [1.29, 1.82) is 0 Å². The Kier molecular flexibility index (Phi) is 7.65. The molecule has 1 unspecified atom stereocenters. The standard InChI is InChI=1S/C25H31N3O3S2/c1-4-16(2)13-28-14-18(19-12-26-32-15-19)11-21(24(28)29)27-20-7-5-17(6-8-20)22-9-10-23(33-22)25(30)31-3/h9-12,14-17,20,27H,4-8,13H2,1-3H3. The highest BCUT2D eigenvalue weighted by Gasteiger charge is 2.25. The first-order chi connectivity index (χ1) is 16.0. The summed E-state index contributed by atoms with van der Waals surface area (Å²) in [6.45, 7) is 5.04. The number of hydrogen-bond acceptors (Lipinski definition) is 7. The number of rotatable bonds is 8. The largest absolute Gasteiger partial charge is 0.465 e. The van der Waals surface area contributed by atoms with Crippen LogP contribution >= 0.6 is 22.9 Å². The zero-order valence-electron chi connectivity index (χ0n) is 19.4. The molecule has 0 amide bonds.